The van der Waals surface area contributed by atoms with Crippen molar-refractivity contribution in [1.29, 1.82) is 5.26 Å². The van der Waals surface area contributed by atoms with Crippen molar-refractivity contribution in [2.24, 2.45) is 0 Å². The number of alkyl halides is 2. The van der Waals surface area contributed by atoms with Crippen LogP contribution in [0.25, 0.3) is 11.8 Å². The Morgan fingerprint density at radius 1 is 0.946 bits per heavy atom. The highest BCUT2D eigenvalue weighted by atomic mass is 19.3. The number of carbonyl (C=O) groups excluding carboxylic acids is 3. The van der Waals surface area contributed by atoms with Crippen LogP contribution in [0.3, 0.4) is 0 Å². The molecule has 0 unspecified atom stereocenters. The molecule has 2 aromatic carbocycles. The van der Waals surface area contributed by atoms with Gasteiger partial charge in [0.25, 0.3) is 0 Å². The molecule has 10 heteroatoms. The third-order valence-electron chi connectivity index (χ3n) is 5.48. The van der Waals surface area contributed by atoms with Gasteiger partial charge in [0.05, 0.1) is 25.3 Å². The van der Waals surface area contributed by atoms with Gasteiger partial charge in [-0.05, 0) is 61.9 Å². The van der Waals surface area contributed by atoms with Crippen molar-refractivity contribution in [3.05, 3.63) is 87.7 Å². The number of hydrogen-bond donors (Lipinski definition) is 0. The van der Waals surface area contributed by atoms with Crippen molar-refractivity contribution in [2.45, 2.75) is 20.5 Å². The number of esters is 2. The second-order valence-electron chi connectivity index (χ2n) is 7.82. The van der Waals surface area contributed by atoms with E-state index >= 15 is 0 Å². The molecule has 0 N–H and O–H groups in total. The summed E-state index contributed by atoms with van der Waals surface area (Å²) < 4.78 is 40.3. The number of nitrogens with zero attached hydrogens (tertiary/aromatic N) is 2. The van der Waals surface area contributed by atoms with Crippen molar-refractivity contribution in [2.75, 3.05) is 14.2 Å². The molecule has 3 aromatic rings. The minimum Gasteiger partial charge on any atom is -0.465 e. The summed E-state index contributed by atoms with van der Waals surface area (Å²) in [4.78, 5) is 37.7. The maximum atomic E-state index is 13.3. The number of halogens is 2. The Balaban J connectivity index is 2.04. The standard InChI is InChI=1S/C27H22F2N2O6/c1-15-9-23(24(32)20(14-30)10-17-5-7-22(8-6-17)37-27(28)29)16(2)31(15)21-12-18(25(33)35-3)11-19(13-21)26(34)36-4/h5-13,27H,1-4H3/b20-10+. The van der Waals surface area contributed by atoms with E-state index < -0.39 is 24.3 Å². The van der Waals surface area contributed by atoms with Gasteiger partial charge in [-0.25, -0.2) is 9.59 Å². The molecule has 0 radical (unpaired) electrons. The Bertz CT molecular complexity index is 1400. The van der Waals surface area contributed by atoms with E-state index in [9.17, 15) is 28.4 Å². The molecule has 0 spiro atoms. The summed E-state index contributed by atoms with van der Waals surface area (Å²) in [6.45, 7) is 0.419. The van der Waals surface area contributed by atoms with Crippen LogP contribution in [-0.4, -0.2) is 43.1 Å². The van der Waals surface area contributed by atoms with E-state index in [-0.39, 0.29) is 28.0 Å². The molecule has 0 aliphatic heterocycles. The second-order valence-corrected chi connectivity index (χ2v) is 7.82. The van der Waals surface area contributed by atoms with Crippen molar-refractivity contribution in [3.63, 3.8) is 0 Å². The quantitative estimate of drug-likeness (QED) is 0.181. The average Bonchev–Trinajstić information content (AvgIpc) is 3.19. The number of allylic oxidation sites excluding steroid dienone is 1. The van der Waals surface area contributed by atoms with Gasteiger partial charge < -0.3 is 18.8 Å². The van der Waals surface area contributed by atoms with Gasteiger partial charge in [-0.3, -0.25) is 4.79 Å². The first-order chi connectivity index (χ1) is 17.6. The predicted molar refractivity (Wildman–Crippen MR) is 129 cm³/mol. The maximum Gasteiger partial charge on any atom is 0.387 e. The Hall–Kier alpha value is -4.78. The fourth-order valence-electron chi connectivity index (χ4n) is 3.81. The molecule has 0 saturated heterocycles. The van der Waals surface area contributed by atoms with Gasteiger partial charge in [-0.2, -0.15) is 14.0 Å². The van der Waals surface area contributed by atoms with Gasteiger partial charge in [0.15, 0.2) is 0 Å². The van der Waals surface area contributed by atoms with Crippen molar-refractivity contribution >= 4 is 23.8 Å². The SMILES string of the molecule is COC(=O)c1cc(C(=O)OC)cc(-n2c(C)cc(C(=O)/C(C#N)=C/c3ccc(OC(F)F)cc3)c2C)c1. The van der Waals surface area contributed by atoms with Crippen LogP contribution in [0, 0.1) is 25.2 Å². The zero-order chi connectivity index (χ0) is 27.3. The number of nitriles is 1. The highest BCUT2D eigenvalue weighted by molar-refractivity contribution is 6.15. The van der Waals surface area contributed by atoms with Crippen molar-refractivity contribution in [1.82, 2.24) is 4.57 Å². The first-order valence-corrected chi connectivity index (χ1v) is 10.8. The van der Waals surface area contributed by atoms with Crippen LogP contribution in [0.4, 0.5) is 8.78 Å². The van der Waals surface area contributed by atoms with Gasteiger partial charge in [0, 0.05) is 22.6 Å². The number of aryl methyl sites for hydroxylation is 1. The van der Waals surface area contributed by atoms with E-state index in [4.69, 9.17) is 9.47 Å². The van der Waals surface area contributed by atoms with E-state index in [1.54, 1.807) is 24.5 Å². The lowest BCUT2D eigenvalue weighted by Crippen LogP contribution is -2.10. The number of rotatable bonds is 8. The highest BCUT2D eigenvalue weighted by Gasteiger charge is 2.22. The molecule has 0 amide bonds. The van der Waals surface area contributed by atoms with Crippen LogP contribution in [0.15, 0.2) is 54.1 Å². The van der Waals surface area contributed by atoms with Crippen LogP contribution >= 0.6 is 0 Å². The second kappa shape index (κ2) is 11.3. The fourth-order valence-corrected chi connectivity index (χ4v) is 3.81. The van der Waals surface area contributed by atoms with E-state index in [1.165, 1.54) is 62.8 Å². The molecular formula is C27H22F2N2O6. The van der Waals surface area contributed by atoms with Gasteiger partial charge in [-0.1, -0.05) is 12.1 Å². The van der Waals surface area contributed by atoms with Crippen LogP contribution in [0.2, 0.25) is 0 Å². The summed E-state index contributed by atoms with van der Waals surface area (Å²) in [5.74, 6) is -1.94. The molecule has 1 aromatic heterocycles. The summed E-state index contributed by atoms with van der Waals surface area (Å²) in [6, 6.07) is 13.3. The Morgan fingerprint density at radius 2 is 1.51 bits per heavy atom. The van der Waals surface area contributed by atoms with Gasteiger partial charge >= 0.3 is 18.6 Å². The lowest BCUT2D eigenvalue weighted by Gasteiger charge is -2.13. The maximum absolute atomic E-state index is 13.3. The summed E-state index contributed by atoms with van der Waals surface area (Å²) >= 11 is 0. The van der Waals surface area contributed by atoms with Gasteiger partial charge in [-0.15, -0.1) is 0 Å². The lowest BCUT2D eigenvalue weighted by atomic mass is 10.0. The number of methoxy groups -OCH3 is 2. The van der Waals surface area contributed by atoms with Crippen LogP contribution in [0.5, 0.6) is 5.75 Å². The number of ether oxygens (including phenoxy) is 3. The molecule has 0 atom stereocenters. The molecule has 0 aliphatic carbocycles. The van der Waals surface area contributed by atoms with Crippen LogP contribution in [0.1, 0.15) is 48.0 Å². The molecule has 37 heavy (non-hydrogen) atoms. The highest BCUT2D eigenvalue weighted by Crippen LogP contribution is 2.26. The normalized spacial score (nSPS) is 11.1. The molecule has 8 nitrogen and oxygen atoms in total. The minimum absolute atomic E-state index is 0.0546. The predicted octanol–water partition coefficient (Wildman–Crippen LogP) is 5.06. The largest absolute Gasteiger partial charge is 0.465 e. The first kappa shape index (κ1) is 26.8. The molecule has 190 valence electrons. The minimum atomic E-state index is -2.97. The fraction of sp³-hybridized carbons (Fsp3) is 0.185. The monoisotopic (exact) mass is 508 g/mol. The van der Waals surface area contributed by atoms with Crippen LogP contribution < -0.4 is 4.74 Å². The van der Waals surface area contributed by atoms with E-state index in [2.05, 4.69) is 4.74 Å². The van der Waals surface area contributed by atoms with E-state index in [1.807, 2.05) is 6.07 Å². The number of hydrogen-bond acceptors (Lipinski definition) is 7. The Morgan fingerprint density at radius 3 is 2.00 bits per heavy atom. The molecule has 0 saturated carbocycles. The van der Waals surface area contributed by atoms with E-state index in [0.29, 0.717) is 22.6 Å². The number of Topliss-reactive ketones (excluding diaryl/α,β-unsaturated/α-hetero) is 1. The summed E-state index contributed by atoms with van der Waals surface area (Å²) in [5.41, 5.74) is 2.18. The zero-order valence-corrected chi connectivity index (χ0v) is 20.4. The molecule has 0 bridgehead atoms. The summed E-state index contributed by atoms with van der Waals surface area (Å²) in [5, 5.41) is 9.65. The van der Waals surface area contributed by atoms with Crippen molar-refractivity contribution in [3.8, 4) is 17.5 Å². The lowest BCUT2D eigenvalue weighted by molar-refractivity contribution is -0.0498. The van der Waals surface area contributed by atoms with Crippen molar-refractivity contribution < 1.29 is 37.4 Å². The van der Waals surface area contributed by atoms with Gasteiger partial charge in [0.2, 0.25) is 5.78 Å². The molecule has 1 heterocycles. The third-order valence-corrected chi connectivity index (χ3v) is 5.48. The number of benzene rings is 2. The summed E-state index contributed by atoms with van der Waals surface area (Å²) in [7, 11) is 2.43. The van der Waals surface area contributed by atoms with E-state index in [0.717, 1.165) is 0 Å². The number of aromatic nitrogens is 1. The van der Waals surface area contributed by atoms with Crippen LogP contribution in [-0.2, 0) is 9.47 Å². The third kappa shape index (κ3) is 5.90. The Kier molecular flexibility index (Phi) is 8.19. The smallest absolute Gasteiger partial charge is 0.387 e. The molecular weight excluding hydrogens is 486 g/mol. The zero-order valence-electron chi connectivity index (χ0n) is 20.4. The molecule has 3 rings (SSSR count). The first-order valence-electron chi connectivity index (χ1n) is 10.8. The average molecular weight is 508 g/mol. The summed E-state index contributed by atoms with van der Waals surface area (Å²) in [6.07, 6.45) is 1.34. The molecule has 0 aliphatic rings. The number of ketones is 1. The molecule has 0 fully saturated rings. The number of carbonyl (C=O) groups is 3. The Labute approximate surface area is 211 Å². The van der Waals surface area contributed by atoms with Gasteiger partial charge in [0.1, 0.15) is 17.4 Å². The topological polar surface area (TPSA) is 108 Å².